The van der Waals surface area contributed by atoms with Crippen molar-refractivity contribution < 1.29 is 9.18 Å². The summed E-state index contributed by atoms with van der Waals surface area (Å²) in [6.45, 7) is 2.09. The summed E-state index contributed by atoms with van der Waals surface area (Å²) >= 11 is 0. The molecule has 0 N–H and O–H groups in total. The van der Waals surface area contributed by atoms with Crippen LogP contribution in [-0.4, -0.2) is 47.9 Å². The van der Waals surface area contributed by atoms with E-state index in [9.17, 15) is 9.18 Å². The van der Waals surface area contributed by atoms with Crippen LogP contribution in [-0.2, 0) is 0 Å². The lowest BCUT2D eigenvalue weighted by Crippen LogP contribution is -2.47. The first-order valence-corrected chi connectivity index (χ1v) is 7.42. The average molecular weight is 276 g/mol. The van der Waals surface area contributed by atoms with Gasteiger partial charge in [-0.2, -0.15) is 0 Å². The summed E-state index contributed by atoms with van der Waals surface area (Å²) in [5, 5.41) is 0. The maximum Gasteiger partial charge on any atom is 0.254 e. The molecule has 1 saturated heterocycles. The lowest BCUT2D eigenvalue weighted by Gasteiger charge is -2.37. The number of amides is 1. The zero-order valence-electron chi connectivity index (χ0n) is 11.9. The van der Waals surface area contributed by atoms with Crippen LogP contribution in [0, 0.1) is 5.82 Å². The summed E-state index contributed by atoms with van der Waals surface area (Å²) in [5.74, 6) is -0.221. The minimum atomic E-state index is -0.293. The minimum Gasteiger partial charge on any atom is -0.333 e. The van der Waals surface area contributed by atoms with Crippen LogP contribution >= 0.6 is 0 Å². The van der Waals surface area contributed by atoms with E-state index < -0.39 is 0 Å². The molecule has 1 aromatic carbocycles. The van der Waals surface area contributed by atoms with Crippen molar-refractivity contribution in [3.63, 3.8) is 0 Å². The van der Waals surface area contributed by atoms with Crippen molar-refractivity contribution in [1.29, 1.82) is 0 Å². The van der Waals surface area contributed by atoms with Crippen molar-refractivity contribution in [2.24, 2.45) is 0 Å². The number of piperidine rings is 1. The molecule has 1 heterocycles. The van der Waals surface area contributed by atoms with Crippen molar-refractivity contribution in [2.45, 2.75) is 37.8 Å². The van der Waals surface area contributed by atoms with E-state index >= 15 is 0 Å². The Bertz CT molecular complexity index is 476. The molecule has 3 nitrogen and oxygen atoms in total. The van der Waals surface area contributed by atoms with E-state index in [1.165, 1.54) is 12.1 Å². The molecule has 2 aliphatic rings. The Labute approximate surface area is 119 Å². The van der Waals surface area contributed by atoms with Gasteiger partial charge in [-0.15, -0.1) is 0 Å². The number of benzene rings is 1. The van der Waals surface area contributed by atoms with Gasteiger partial charge in [0.2, 0.25) is 0 Å². The second-order valence-electron chi connectivity index (χ2n) is 5.98. The Morgan fingerprint density at radius 2 is 1.65 bits per heavy atom. The summed E-state index contributed by atoms with van der Waals surface area (Å²) in [6, 6.07) is 6.68. The van der Waals surface area contributed by atoms with E-state index in [2.05, 4.69) is 16.8 Å². The molecule has 0 bridgehead atoms. The molecule has 1 amide bonds. The third-order valence-corrected chi connectivity index (χ3v) is 4.35. The second kappa shape index (κ2) is 5.52. The molecule has 20 heavy (non-hydrogen) atoms. The zero-order chi connectivity index (χ0) is 14.1. The van der Waals surface area contributed by atoms with Crippen LogP contribution in [0.4, 0.5) is 4.39 Å². The van der Waals surface area contributed by atoms with Crippen LogP contribution in [0.2, 0.25) is 0 Å². The first-order chi connectivity index (χ1) is 9.65. The molecule has 4 heteroatoms. The number of rotatable bonds is 3. The lowest BCUT2D eigenvalue weighted by atomic mass is 10.0. The number of halogens is 1. The predicted octanol–water partition coefficient (Wildman–Crippen LogP) is 2.52. The van der Waals surface area contributed by atoms with Gasteiger partial charge in [-0.3, -0.25) is 4.79 Å². The molecule has 0 radical (unpaired) electrons. The standard InChI is InChI=1S/C16H21FN2O/c1-18-10-8-15(9-11-18)19(14-6-7-14)16(20)12-2-4-13(17)5-3-12/h2-5,14-15H,6-11H2,1H3. The number of hydrogen-bond donors (Lipinski definition) is 0. The van der Waals surface area contributed by atoms with E-state index in [-0.39, 0.29) is 11.7 Å². The largest absolute Gasteiger partial charge is 0.333 e. The summed E-state index contributed by atoms with van der Waals surface area (Å²) < 4.78 is 13.0. The van der Waals surface area contributed by atoms with Gasteiger partial charge >= 0.3 is 0 Å². The highest BCUT2D eigenvalue weighted by molar-refractivity contribution is 5.94. The molecule has 1 saturated carbocycles. The van der Waals surface area contributed by atoms with Gasteiger partial charge in [-0.1, -0.05) is 0 Å². The number of carbonyl (C=O) groups is 1. The molecule has 2 fully saturated rings. The molecule has 0 unspecified atom stereocenters. The second-order valence-corrected chi connectivity index (χ2v) is 5.98. The normalized spacial score (nSPS) is 20.9. The SMILES string of the molecule is CN1CCC(N(C(=O)c2ccc(F)cc2)C2CC2)CC1. The van der Waals surface area contributed by atoms with Gasteiger partial charge in [-0.25, -0.2) is 4.39 Å². The third kappa shape index (κ3) is 2.85. The number of carbonyl (C=O) groups excluding carboxylic acids is 1. The minimum absolute atomic E-state index is 0.0713. The molecule has 3 rings (SSSR count). The first-order valence-electron chi connectivity index (χ1n) is 7.42. The molecule has 1 aromatic rings. The predicted molar refractivity (Wildman–Crippen MR) is 76.1 cm³/mol. The Hall–Kier alpha value is -1.42. The van der Waals surface area contributed by atoms with E-state index in [4.69, 9.17) is 0 Å². The average Bonchev–Trinajstić information content (AvgIpc) is 3.26. The number of likely N-dealkylation sites (tertiary alicyclic amines) is 1. The lowest BCUT2D eigenvalue weighted by molar-refractivity contribution is 0.0569. The van der Waals surface area contributed by atoms with E-state index in [0.29, 0.717) is 17.6 Å². The quantitative estimate of drug-likeness (QED) is 0.847. The smallest absolute Gasteiger partial charge is 0.254 e. The molecule has 1 aliphatic heterocycles. The van der Waals surface area contributed by atoms with Gasteiger partial charge in [0, 0.05) is 17.6 Å². The van der Waals surface area contributed by atoms with Crippen LogP contribution in [0.25, 0.3) is 0 Å². The number of hydrogen-bond acceptors (Lipinski definition) is 2. The highest BCUT2D eigenvalue weighted by Gasteiger charge is 2.38. The molecular weight excluding hydrogens is 255 g/mol. The first kappa shape index (κ1) is 13.6. The summed E-state index contributed by atoms with van der Waals surface area (Å²) in [4.78, 5) is 17.1. The number of nitrogens with zero attached hydrogens (tertiary/aromatic N) is 2. The fourth-order valence-corrected chi connectivity index (χ4v) is 3.00. The van der Waals surface area contributed by atoms with Crippen molar-refractivity contribution in [3.05, 3.63) is 35.6 Å². The van der Waals surface area contributed by atoms with Gasteiger partial charge < -0.3 is 9.80 Å². The molecule has 0 atom stereocenters. The highest BCUT2D eigenvalue weighted by Crippen LogP contribution is 2.33. The fraction of sp³-hybridized carbons (Fsp3) is 0.562. The van der Waals surface area contributed by atoms with Gasteiger partial charge in [0.15, 0.2) is 0 Å². The summed E-state index contributed by atoms with van der Waals surface area (Å²) in [6.07, 6.45) is 4.30. The van der Waals surface area contributed by atoms with Crippen molar-refractivity contribution in [3.8, 4) is 0 Å². The van der Waals surface area contributed by atoms with Gasteiger partial charge in [0.1, 0.15) is 5.82 Å². The van der Waals surface area contributed by atoms with E-state index in [0.717, 1.165) is 38.8 Å². The Kier molecular flexibility index (Phi) is 3.74. The molecule has 0 spiro atoms. The molecule has 108 valence electrons. The van der Waals surface area contributed by atoms with Crippen LogP contribution in [0.15, 0.2) is 24.3 Å². The van der Waals surface area contributed by atoms with Crippen molar-refractivity contribution >= 4 is 5.91 Å². The van der Waals surface area contributed by atoms with Crippen LogP contribution < -0.4 is 0 Å². The van der Waals surface area contributed by atoms with Gasteiger partial charge in [0.25, 0.3) is 5.91 Å². The maximum absolute atomic E-state index is 13.0. The van der Waals surface area contributed by atoms with E-state index in [1.807, 2.05) is 0 Å². The van der Waals surface area contributed by atoms with Gasteiger partial charge in [0.05, 0.1) is 0 Å². The maximum atomic E-state index is 13.0. The molecule has 1 aliphatic carbocycles. The fourth-order valence-electron chi connectivity index (χ4n) is 3.00. The van der Waals surface area contributed by atoms with Crippen LogP contribution in [0.3, 0.4) is 0 Å². The van der Waals surface area contributed by atoms with Crippen molar-refractivity contribution in [2.75, 3.05) is 20.1 Å². The zero-order valence-corrected chi connectivity index (χ0v) is 11.9. The van der Waals surface area contributed by atoms with Crippen molar-refractivity contribution in [1.82, 2.24) is 9.80 Å². The van der Waals surface area contributed by atoms with Gasteiger partial charge in [-0.05, 0) is 70.1 Å². The monoisotopic (exact) mass is 276 g/mol. The van der Waals surface area contributed by atoms with E-state index in [1.54, 1.807) is 12.1 Å². The van der Waals surface area contributed by atoms with Crippen LogP contribution in [0.5, 0.6) is 0 Å². The Balaban J connectivity index is 1.76. The summed E-state index contributed by atoms with van der Waals surface area (Å²) in [5.41, 5.74) is 0.609. The third-order valence-electron chi connectivity index (χ3n) is 4.35. The molecular formula is C16H21FN2O. The topological polar surface area (TPSA) is 23.6 Å². The Morgan fingerprint density at radius 1 is 1.10 bits per heavy atom. The Morgan fingerprint density at radius 3 is 2.20 bits per heavy atom. The summed E-state index contributed by atoms with van der Waals surface area (Å²) in [7, 11) is 2.12. The van der Waals surface area contributed by atoms with Crippen LogP contribution in [0.1, 0.15) is 36.0 Å². The molecule has 0 aromatic heterocycles. The highest BCUT2D eigenvalue weighted by atomic mass is 19.1.